The molecule has 0 bridgehead atoms. The minimum absolute atomic E-state index is 0.259. The number of aryl methyl sites for hydroxylation is 2. The Morgan fingerprint density at radius 2 is 1.65 bits per heavy atom. The maximum Gasteiger partial charge on any atom is 0.125 e. The second-order valence-electron chi connectivity index (χ2n) is 4.85. The van der Waals surface area contributed by atoms with Crippen LogP contribution >= 0.6 is 15.9 Å². The zero-order valence-electron chi connectivity index (χ0n) is 11.3. The number of hydrogen-bond acceptors (Lipinski definition) is 1. The summed E-state index contributed by atoms with van der Waals surface area (Å²) in [6, 6.07) is 6.29. The van der Waals surface area contributed by atoms with Crippen molar-refractivity contribution in [3.05, 3.63) is 29.3 Å². The van der Waals surface area contributed by atoms with Crippen molar-refractivity contribution < 1.29 is 4.74 Å². The number of alkyl halides is 1. The van der Waals surface area contributed by atoms with Crippen molar-refractivity contribution in [2.75, 3.05) is 11.9 Å². The molecule has 0 N–H and O–H groups in total. The van der Waals surface area contributed by atoms with Gasteiger partial charge in [-0.25, -0.2) is 0 Å². The fourth-order valence-corrected chi connectivity index (χ4v) is 2.89. The highest BCUT2D eigenvalue weighted by atomic mass is 79.9. The van der Waals surface area contributed by atoms with E-state index in [0.717, 1.165) is 30.5 Å². The Bertz CT molecular complexity index is 327. The van der Waals surface area contributed by atoms with E-state index in [-0.39, 0.29) is 5.41 Å². The second-order valence-corrected chi connectivity index (χ2v) is 5.41. The monoisotopic (exact) mass is 298 g/mol. The molecule has 0 heterocycles. The molecule has 0 radical (unpaired) electrons. The lowest BCUT2D eigenvalue weighted by atomic mass is 9.86. The highest BCUT2D eigenvalue weighted by molar-refractivity contribution is 9.09. The molecule has 0 aliphatic heterocycles. The van der Waals surface area contributed by atoms with Crippen molar-refractivity contribution in [2.45, 2.75) is 40.5 Å². The molecule has 0 aromatic heterocycles. The highest BCUT2D eigenvalue weighted by Gasteiger charge is 2.26. The van der Waals surface area contributed by atoms with Gasteiger partial charge in [0.15, 0.2) is 0 Å². The number of ether oxygens (including phenoxy) is 1. The van der Waals surface area contributed by atoms with Crippen LogP contribution in [0.5, 0.6) is 5.75 Å². The van der Waals surface area contributed by atoms with Crippen molar-refractivity contribution in [1.82, 2.24) is 0 Å². The van der Waals surface area contributed by atoms with E-state index >= 15 is 0 Å². The average Bonchev–Trinajstić information content (AvgIpc) is 2.34. The van der Waals surface area contributed by atoms with E-state index in [2.05, 4.69) is 61.8 Å². The molecule has 96 valence electrons. The molecule has 0 spiro atoms. The van der Waals surface area contributed by atoms with Crippen LogP contribution in [0.4, 0.5) is 0 Å². The zero-order chi connectivity index (χ0) is 12.9. The van der Waals surface area contributed by atoms with Crippen LogP contribution in [0, 0.1) is 19.3 Å². The smallest absolute Gasteiger partial charge is 0.125 e. The maximum absolute atomic E-state index is 6.08. The summed E-state index contributed by atoms with van der Waals surface area (Å²) in [4.78, 5) is 0. The van der Waals surface area contributed by atoms with Crippen LogP contribution in [0.15, 0.2) is 18.2 Å². The first-order chi connectivity index (χ1) is 8.08. The Balaban J connectivity index is 2.79. The fourth-order valence-electron chi connectivity index (χ4n) is 1.93. The third-order valence-electron chi connectivity index (χ3n) is 3.71. The first-order valence-electron chi connectivity index (χ1n) is 6.33. The van der Waals surface area contributed by atoms with Gasteiger partial charge in [-0.05, 0) is 37.8 Å². The average molecular weight is 299 g/mol. The first-order valence-corrected chi connectivity index (χ1v) is 7.45. The van der Waals surface area contributed by atoms with Crippen LogP contribution in [-0.2, 0) is 0 Å². The summed E-state index contributed by atoms with van der Waals surface area (Å²) in [7, 11) is 0. The number of para-hydroxylation sites is 1. The standard InChI is InChI=1S/C15H23BrO/c1-5-15(6-2,10-16)11-17-14-12(3)8-7-9-13(14)4/h7-9H,5-6,10-11H2,1-4H3. The third kappa shape index (κ3) is 3.48. The molecule has 1 rings (SSSR count). The van der Waals surface area contributed by atoms with Crippen molar-refractivity contribution >= 4 is 15.9 Å². The van der Waals surface area contributed by atoms with Crippen molar-refractivity contribution in [3.8, 4) is 5.75 Å². The van der Waals surface area contributed by atoms with E-state index in [1.54, 1.807) is 0 Å². The summed E-state index contributed by atoms with van der Waals surface area (Å²) < 4.78 is 6.08. The Morgan fingerprint density at radius 3 is 2.06 bits per heavy atom. The minimum Gasteiger partial charge on any atom is -0.492 e. The van der Waals surface area contributed by atoms with E-state index in [9.17, 15) is 0 Å². The maximum atomic E-state index is 6.08. The van der Waals surface area contributed by atoms with Gasteiger partial charge in [0.2, 0.25) is 0 Å². The van der Waals surface area contributed by atoms with Crippen molar-refractivity contribution in [1.29, 1.82) is 0 Å². The normalized spacial score (nSPS) is 11.6. The molecular weight excluding hydrogens is 276 g/mol. The third-order valence-corrected chi connectivity index (χ3v) is 4.90. The first kappa shape index (κ1) is 14.6. The molecule has 0 aliphatic rings. The van der Waals surface area contributed by atoms with Gasteiger partial charge in [0.05, 0.1) is 6.61 Å². The second kappa shape index (κ2) is 6.44. The number of halogens is 1. The molecular formula is C15H23BrO. The number of benzene rings is 1. The van der Waals surface area contributed by atoms with Crippen LogP contribution in [-0.4, -0.2) is 11.9 Å². The molecule has 0 atom stereocenters. The Morgan fingerprint density at radius 1 is 1.12 bits per heavy atom. The quantitative estimate of drug-likeness (QED) is 0.680. The van der Waals surface area contributed by atoms with Crippen LogP contribution in [0.25, 0.3) is 0 Å². The molecule has 0 fully saturated rings. The van der Waals surface area contributed by atoms with E-state index in [1.807, 2.05) is 0 Å². The van der Waals surface area contributed by atoms with Gasteiger partial charge in [0.25, 0.3) is 0 Å². The number of hydrogen-bond donors (Lipinski definition) is 0. The van der Waals surface area contributed by atoms with E-state index < -0.39 is 0 Å². The van der Waals surface area contributed by atoms with Crippen LogP contribution < -0.4 is 4.74 Å². The molecule has 17 heavy (non-hydrogen) atoms. The Labute approximate surface area is 114 Å². The molecule has 1 nitrogen and oxygen atoms in total. The lowest BCUT2D eigenvalue weighted by Crippen LogP contribution is -2.29. The topological polar surface area (TPSA) is 9.23 Å². The van der Waals surface area contributed by atoms with E-state index in [4.69, 9.17) is 4.74 Å². The molecule has 0 saturated carbocycles. The van der Waals surface area contributed by atoms with Gasteiger partial charge in [-0.1, -0.05) is 48.0 Å². The van der Waals surface area contributed by atoms with Gasteiger partial charge >= 0.3 is 0 Å². The van der Waals surface area contributed by atoms with Gasteiger partial charge in [-0.3, -0.25) is 0 Å². The summed E-state index contributed by atoms with van der Waals surface area (Å²) in [5.41, 5.74) is 2.70. The van der Waals surface area contributed by atoms with Crippen LogP contribution in [0.2, 0.25) is 0 Å². The molecule has 0 unspecified atom stereocenters. The lowest BCUT2D eigenvalue weighted by molar-refractivity contribution is 0.156. The largest absolute Gasteiger partial charge is 0.492 e. The van der Waals surface area contributed by atoms with Crippen molar-refractivity contribution in [3.63, 3.8) is 0 Å². The summed E-state index contributed by atoms with van der Waals surface area (Å²) in [6.07, 6.45) is 2.28. The Kier molecular flexibility index (Phi) is 5.51. The Hall–Kier alpha value is -0.500. The highest BCUT2D eigenvalue weighted by Crippen LogP contribution is 2.31. The van der Waals surface area contributed by atoms with E-state index in [1.165, 1.54) is 11.1 Å². The zero-order valence-corrected chi connectivity index (χ0v) is 12.9. The summed E-state index contributed by atoms with van der Waals surface area (Å²) in [5, 5.41) is 0.998. The van der Waals surface area contributed by atoms with Crippen molar-refractivity contribution in [2.24, 2.45) is 5.41 Å². The van der Waals surface area contributed by atoms with Gasteiger partial charge in [0.1, 0.15) is 5.75 Å². The molecule has 0 amide bonds. The summed E-state index contributed by atoms with van der Waals surface area (Å²) in [5.74, 6) is 1.06. The summed E-state index contributed by atoms with van der Waals surface area (Å²) in [6.45, 7) is 9.47. The van der Waals surface area contributed by atoms with Crippen LogP contribution in [0.3, 0.4) is 0 Å². The summed E-state index contributed by atoms with van der Waals surface area (Å²) >= 11 is 3.62. The molecule has 0 saturated heterocycles. The predicted octanol–water partition coefficient (Wildman–Crippen LogP) is 4.88. The lowest BCUT2D eigenvalue weighted by Gasteiger charge is -2.30. The molecule has 1 aromatic rings. The van der Waals surface area contributed by atoms with Gasteiger partial charge in [-0.15, -0.1) is 0 Å². The number of rotatable bonds is 6. The SMILES string of the molecule is CCC(CC)(CBr)COc1c(C)cccc1C. The fraction of sp³-hybridized carbons (Fsp3) is 0.600. The molecule has 0 aliphatic carbocycles. The van der Waals surface area contributed by atoms with Gasteiger partial charge < -0.3 is 4.74 Å². The predicted molar refractivity (Wildman–Crippen MR) is 78.2 cm³/mol. The molecule has 2 heteroatoms. The van der Waals surface area contributed by atoms with E-state index in [0.29, 0.717) is 0 Å². The minimum atomic E-state index is 0.259. The van der Waals surface area contributed by atoms with Gasteiger partial charge in [-0.2, -0.15) is 0 Å². The molecule has 1 aromatic carbocycles. The van der Waals surface area contributed by atoms with Crippen LogP contribution in [0.1, 0.15) is 37.8 Å². The van der Waals surface area contributed by atoms with Gasteiger partial charge in [0, 0.05) is 10.7 Å².